The molecule has 1 heteroatoms. The maximum atomic E-state index is 7.63. The quantitative estimate of drug-likeness (QED) is 0.442. The minimum Gasteiger partial charge on any atom is -0.392 e. The van der Waals surface area contributed by atoms with Crippen molar-refractivity contribution in [2.75, 3.05) is 6.61 Å². The molecule has 0 aliphatic rings. The molecule has 0 rings (SSSR count). The molecule has 0 aromatic carbocycles. The zero-order valence-electron chi connectivity index (χ0n) is 2.23. The molecule has 0 fully saturated rings. The molecule has 4 heavy (non-hydrogen) atoms. The molecule has 0 bridgehead atoms. The van der Waals surface area contributed by atoms with E-state index in [4.69, 9.17) is 11.7 Å². The van der Waals surface area contributed by atoms with Crippen LogP contribution in [0.3, 0.4) is 0 Å². The molecule has 0 saturated carbocycles. The fourth-order valence-electron chi connectivity index (χ4n) is 0. The molecule has 0 aromatic heterocycles. The van der Waals surface area contributed by atoms with Gasteiger partial charge in [0.2, 0.25) is 0 Å². The van der Waals surface area contributed by atoms with E-state index in [2.05, 4.69) is 0 Å². The molecule has 1 N–H and O–H groups in total. The van der Waals surface area contributed by atoms with Crippen molar-refractivity contribution in [3.05, 3.63) is 12.7 Å². The molecule has 2 radical (unpaired) electrons. The van der Waals surface area contributed by atoms with Gasteiger partial charge in [-0.3, -0.25) is 0 Å². The van der Waals surface area contributed by atoms with Gasteiger partial charge < -0.3 is 5.11 Å². The Bertz CT molecular complexity index is 17.2. The zero-order valence-corrected chi connectivity index (χ0v) is 2.23. The van der Waals surface area contributed by atoms with Gasteiger partial charge in [-0.1, -0.05) is 6.08 Å². The molecule has 0 heterocycles. The summed E-state index contributed by atoms with van der Waals surface area (Å²) >= 11 is 0. The third kappa shape index (κ3) is 1.70. The summed E-state index contributed by atoms with van der Waals surface area (Å²) in [5, 5.41) is 7.63. The zero-order chi connectivity index (χ0) is 3.41. The fraction of sp³-hybridized carbons (Fsp3) is 0.333. The molecule has 0 aromatic rings. The molecule has 0 atom stereocenters. The van der Waals surface area contributed by atoms with Crippen LogP contribution in [0.5, 0.6) is 0 Å². The Morgan fingerprint density at radius 2 is 2.25 bits per heavy atom. The second-order valence-electron chi connectivity index (χ2n) is 0.387. The van der Waals surface area contributed by atoms with E-state index in [0.717, 1.165) is 6.08 Å². The average Bonchev–Trinajstić information content (AvgIpc) is 1.37. The first-order valence-electron chi connectivity index (χ1n) is 1.01. The van der Waals surface area contributed by atoms with Crippen molar-refractivity contribution in [1.29, 1.82) is 0 Å². The highest BCUT2D eigenvalue weighted by atomic mass is 16.2. The van der Waals surface area contributed by atoms with Gasteiger partial charge in [-0.2, -0.15) is 0 Å². The Hall–Kier alpha value is -0.300. The SMILES string of the molecule is [C]=CCO. The molecule has 0 unspecified atom stereocenters. The summed E-state index contributed by atoms with van der Waals surface area (Å²) in [6.45, 7) is 5.94. The molecule has 22 valence electrons. The van der Waals surface area contributed by atoms with Crippen LogP contribution in [0.15, 0.2) is 6.08 Å². The van der Waals surface area contributed by atoms with Gasteiger partial charge in [-0.25, -0.2) is 0 Å². The highest BCUT2D eigenvalue weighted by Crippen LogP contribution is 1.45. The van der Waals surface area contributed by atoms with E-state index < -0.39 is 0 Å². The van der Waals surface area contributed by atoms with Crippen LogP contribution in [-0.4, -0.2) is 11.7 Å². The smallest absolute Gasteiger partial charge is 0.0621 e. The summed E-state index contributed by atoms with van der Waals surface area (Å²) in [5.74, 6) is 0. The maximum Gasteiger partial charge on any atom is 0.0621 e. The Balaban J connectivity index is 2.30. The van der Waals surface area contributed by atoms with E-state index >= 15 is 0 Å². The minimum atomic E-state index is -0.139. The van der Waals surface area contributed by atoms with Crippen LogP contribution in [0.4, 0.5) is 0 Å². The van der Waals surface area contributed by atoms with Crippen molar-refractivity contribution < 1.29 is 5.11 Å². The Morgan fingerprint density at radius 3 is 2.25 bits per heavy atom. The topological polar surface area (TPSA) is 20.2 Å². The van der Waals surface area contributed by atoms with Gasteiger partial charge in [-0.05, 0) is 6.58 Å². The Kier molecular flexibility index (Phi) is 2.50. The van der Waals surface area contributed by atoms with Gasteiger partial charge in [0.1, 0.15) is 0 Å². The summed E-state index contributed by atoms with van der Waals surface area (Å²) in [7, 11) is 0. The monoisotopic (exact) mass is 56.0 g/mol. The van der Waals surface area contributed by atoms with Crippen LogP contribution < -0.4 is 0 Å². The summed E-state index contributed by atoms with van der Waals surface area (Å²) < 4.78 is 0. The van der Waals surface area contributed by atoms with Gasteiger partial charge >= 0.3 is 0 Å². The largest absolute Gasteiger partial charge is 0.392 e. The van der Waals surface area contributed by atoms with E-state index in [1.807, 2.05) is 0 Å². The van der Waals surface area contributed by atoms with Gasteiger partial charge in [-0.15, -0.1) is 0 Å². The fourth-order valence-corrected chi connectivity index (χ4v) is 0. The summed E-state index contributed by atoms with van der Waals surface area (Å²) in [6, 6.07) is 0. The number of aliphatic hydroxyl groups is 1. The number of aliphatic hydroxyl groups excluding tert-OH is 1. The third-order valence-electron chi connectivity index (χ3n) is 0.0913. The maximum absolute atomic E-state index is 7.63. The van der Waals surface area contributed by atoms with Crippen molar-refractivity contribution in [3.63, 3.8) is 0 Å². The van der Waals surface area contributed by atoms with Crippen molar-refractivity contribution in [2.24, 2.45) is 0 Å². The molecule has 1 nitrogen and oxygen atoms in total. The van der Waals surface area contributed by atoms with Crippen molar-refractivity contribution >= 4 is 0 Å². The van der Waals surface area contributed by atoms with Crippen LogP contribution in [-0.2, 0) is 0 Å². The standard InChI is InChI=1S/C3H4O/c1-2-3-4/h2,4H,3H2. The van der Waals surface area contributed by atoms with E-state index in [1.165, 1.54) is 0 Å². The second-order valence-corrected chi connectivity index (χ2v) is 0.387. The molecular formula is C3H4O. The summed E-state index contributed by atoms with van der Waals surface area (Å²) in [5.41, 5.74) is 0. The molecule has 0 saturated heterocycles. The number of hydrogen-bond donors (Lipinski definition) is 1. The van der Waals surface area contributed by atoms with Crippen LogP contribution >= 0.6 is 0 Å². The Labute approximate surface area is 25.6 Å². The second kappa shape index (κ2) is 2.70. The van der Waals surface area contributed by atoms with Crippen LogP contribution in [0.1, 0.15) is 0 Å². The van der Waals surface area contributed by atoms with Crippen molar-refractivity contribution in [3.8, 4) is 0 Å². The summed E-state index contributed by atoms with van der Waals surface area (Å²) in [6.07, 6.45) is 0.931. The van der Waals surface area contributed by atoms with E-state index in [9.17, 15) is 0 Å². The highest BCUT2D eigenvalue weighted by Gasteiger charge is 1.46. The Morgan fingerprint density at radius 1 is 2.00 bits per heavy atom. The van der Waals surface area contributed by atoms with Crippen LogP contribution in [0.25, 0.3) is 0 Å². The molecule has 0 aliphatic carbocycles. The van der Waals surface area contributed by atoms with Crippen molar-refractivity contribution in [1.82, 2.24) is 0 Å². The average molecular weight is 56.1 g/mol. The van der Waals surface area contributed by atoms with Gasteiger partial charge in [0.15, 0.2) is 0 Å². The lowest BCUT2D eigenvalue weighted by Crippen LogP contribution is -1.62. The third-order valence-corrected chi connectivity index (χ3v) is 0.0913. The normalized spacial score (nSPS) is 6.25. The molecular weight excluding hydrogens is 52.0 g/mol. The molecule has 0 amide bonds. The lowest BCUT2D eigenvalue weighted by atomic mass is 10.7. The van der Waals surface area contributed by atoms with Crippen LogP contribution in [0.2, 0.25) is 0 Å². The minimum absolute atomic E-state index is 0.139. The predicted octanol–water partition coefficient (Wildman–Crippen LogP) is -0.155. The van der Waals surface area contributed by atoms with Gasteiger partial charge in [0, 0.05) is 0 Å². The first-order chi connectivity index (χ1) is 1.91. The number of rotatable bonds is 1. The highest BCUT2D eigenvalue weighted by molar-refractivity contribution is 4.55. The van der Waals surface area contributed by atoms with E-state index in [-0.39, 0.29) is 6.61 Å². The first kappa shape index (κ1) is 3.70. The predicted molar refractivity (Wildman–Crippen MR) is 14.9 cm³/mol. The lowest BCUT2D eigenvalue weighted by molar-refractivity contribution is 0.343. The van der Waals surface area contributed by atoms with Crippen molar-refractivity contribution in [2.45, 2.75) is 0 Å². The molecule has 0 spiro atoms. The van der Waals surface area contributed by atoms with E-state index in [1.54, 1.807) is 0 Å². The first-order valence-corrected chi connectivity index (χ1v) is 1.01. The van der Waals surface area contributed by atoms with Gasteiger partial charge in [0.25, 0.3) is 0 Å². The van der Waals surface area contributed by atoms with E-state index in [0.29, 0.717) is 0 Å². The number of hydrogen-bond acceptors (Lipinski definition) is 1. The van der Waals surface area contributed by atoms with Gasteiger partial charge in [0.05, 0.1) is 6.61 Å². The summed E-state index contributed by atoms with van der Waals surface area (Å²) in [4.78, 5) is 0. The lowest BCUT2D eigenvalue weighted by Gasteiger charge is -1.59. The molecule has 0 aliphatic heterocycles. The van der Waals surface area contributed by atoms with Crippen LogP contribution in [0, 0.1) is 6.58 Å².